The van der Waals surface area contributed by atoms with Crippen LogP contribution in [0.2, 0.25) is 0 Å². The average Bonchev–Trinajstić information content (AvgIpc) is 2.64. The molecular weight excluding hydrogens is 350 g/mol. The molecule has 146 valence electrons. The normalized spacial score (nSPS) is 17.7. The fourth-order valence-corrected chi connectivity index (χ4v) is 4.47. The van der Waals surface area contributed by atoms with Gasteiger partial charge in [-0.25, -0.2) is 13.4 Å². The lowest BCUT2D eigenvalue weighted by atomic mass is 9.99. The number of aliphatic imine (C=N–C) groups is 1. The molecule has 0 spiro atoms. The average molecular weight is 382 g/mol. The van der Waals surface area contributed by atoms with E-state index < -0.39 is 14.6 Å². The van der Waals surface area contributed by atoms with Crippen LogP contribution in [0.4, 0.5) is 0 Å². The predicted molar refractivity (Wildman–Crippen MR) is 106 cm³/mol. The summed E-state index contributed by atoms with van der Waals surface area (Å²) < 4.78 is 29.3. The number of aryl methyl sites for hydroxylation is 1. The van der Waals surface area contributed by atoms with Crippen molar-refractivity contribution >= 4 is 15.8 Å². The minimum Gasteiger partial charge on any atom is -0.381 e. The zero-order valence-corrected chi connectivity index (χ0v) is 16.9. The zero-order valence-electron chi connectivity index (χ0n) is 16.0. The van der Waals surface area contributed by atoms with Gasteiger partial charge in [-0.3, -0.25) is 0 Å². The molecule has 0 unspecified atom stereocenters. The van der Waals surface area contributed by atoms with Crippen molar-refractivity contribution in [2.75, 3.05) is 32.6 Å². The smallest absolute Gasteiger partial charge is 0.191 e. The van der Waals surface area contributed by atoms with Crippen LogP contribution in [0.5, 0.6) is 0 Å². The van der Waals surface area contributed by atoms with Gasteiger partial charge >= 0.3 is 0 Å². The first-order chi connectivity index (χ1) is 12.4. The van der Waals surface area contributed by atoms with Crippen molar-refractivity contribution in [2.45, 2.75) is 44.4 Å². The zero-order chi connectivity index (χ0) is 19.0. The number of sulfone groups is 1. The van der Waals surface area contributed by atoms with Crippen LogP contribution in [0.3, 0.4) is 0 Å². The molecule has 1 aromatic rings. The largest absolute Gasteiger partial charge is 0.381 e. The summed E-state index contributed by atoms with van der Waals surface area (Å²) in [5.41, 5.74) is 2.47. The van der Waals surface area contributed by atoms with Gasteiger partial charge in [0.1, 0.15) is 0 Å². The highest BCUT2D eigenvalue weighted by Crippen LogP contribution is 2.28. The fraction of sp³-hybridized carbons (Fsp3) is 0.632. The summed E-state index contributed by atoms with van der Waals surface area (Å²) in [4.78, 5) is 4.66. The number of hydrogen-bond acceptors (Lipinski definition) is 4. The molecule has 7 heteroatoms. The van der Waals surface area contributed by atoms with Crippen molar-refractivity contribution in [3.8, 4) is 0 Å². The molecule has 2 rings (SSSR count). The number of ether oxygens (including phenoxy) is 1. The predicted octanol–water partition coefficient (Wildman–Crippen LogP) is 1.90. The third-order valence-corrected chi connectivity index (χ3v) is 7.15. The number of rotatable bonds is 7. The van der Waals surface area contributed by atoms with Gasteiger partial charge in [0.15, 0.2) is 15.8 Å². The molecule has 1 heterocycles. The number of nitrogens with zero attached hydrogens (tertiary/aromatic N) is 1. The Balaban J connectivity index is 2.11. The van der Waals surface area contributed by atoms with Crippen LogP contribution in [-0.4, -0.2) is 51.7 Å². The van der Waals surface area contributed by atoms with E-state index in [1.165, 1.54) is 17.4 Å². The highest BCUT2D eigenvalue weighted by atomic mass is 32.2. The van der Waals surface area contributed by atoms with Crippen LogP contribution in [-0.2, 0) is 27.5 Å². The lowest BCUT2D eigenvalue weighted by Crippen LogP contribution is -2.53. The molecule has 0 saturated carbocycles. The van der Waals surface area contributed by atoms with E-state index in [2.05, 4.69) is 34.7 Å². The first-order valence-corrected chi connectivity index (χ1v) is 11.2. The molecule has 0 aromatic heterocycles. The van der Waals surface area contributed by atoms with Crippen molar-refractivity contribution in [2.24, 2.45) is 4.99 Å². The summed E-state index contributed by atoms with van der Waals surface area (Å²) in [5.74, 6) is 0.646. The van der Waals surface area contributed by atoms with E-state index in [9.17, 15) is 8.42 Å². The molecular formula is C19H31N3O3S. The standard InChI is InChI=1S/C19H31N3O3S/c1-4-16-8-6-7-9-17(16)14-21-18(20-5-2)22-15-19(26(3,23)24)10-12-25-13-11-19/h6-9H,4-5,10-15H2,1-3H3,(H2,20,21,22). The van der Waals surface area contributed by atoms with Crippen molar-refractivity contribution in [1.82, 2.24) is 10.6 Å². The summed E-state index contributed by atoms with van der Waals surface area (Å²) in [5, 5.41) is 6.46. The van der Waals surface area contributed by atoms with Crippen LogP contribution in [0, 0.1) is 0 Å². The first kappa shape index (κ1) is 20.7. The molecule has 1 aliphatic heterocycles. The van der Waals surface area contributed by atoms with Gasteiger partial charge in [0.2, 0.25) is 0 Å². The Morgan fingerprint density at radius 3 is 2.38 bits per heavy atom. The molecule has 0 aliphatic carbocycles. The molecule has 1 saturated heterocycles. The summed E-state index contributed by atoms with van der Waals surface area (Å²) in [6.07, 6.45) is 3.31. The molecule has 1 aromatic carbocycles. The maximum Gasteiger partial charge on any atom is 0.191 e. The highest BCUT2D eigenvalue weighted by Gasteiger charge is 2.42. The molecule has 0 radical (unpaired) electrons. The van der Waals surface area contributed by atoms with Crippen LogP contribution in [0.1, 0.15) is 37.8 Å². The molecule has 1 fully saturated rings. The molecule has 1 aliphatic rings. The maximum absolute atomic E-state index is 12.4. The second kappa shape index (κ2) is 9.37. The van der Waals surface area contributed by atoms with Crippen molar-refractivity contribution in [1.29, 1.82) is 0 Å². The van der Waals surface area contributed by atoms with Gasteiger partial charge in [-0.1, -0.05) is 31.2 Å². The topological polar surface area (TPSA) is 79.8 Å². The van der Waals surface area contributed by atoms with Gasteiger partial charge in [0.05, 0.1) is 11.3 Å². The highest BCUT2D eigenvalue weighted by molar-refractivity contribution is 7.92. The van der Waals surface area contributed by atoms with E-state index in [1.54, 1.807) is 0 Å². The molecule has 0 amide bonds. The van der Waals surface area contributed by atoms with Gasteiger partial charge < -0.3 is 15.4 Å². The van der Waals surface area contributed by atoms with Gasteiger partial charge in [-0.05, 0) is 37.3 Å². The lowest BCUT2D eigenvalue weighted by molar-refractivity contribution is 0.0756. The number of guanidine groups is 1. The van der Waals surface area contributed by atoms with Crippen molar-refractivity contribution in [3.63, 3.8) is 0 Å². The van der Waals surface area contributed by atoms with Crippen molar-refractivity contribution in [3.05, 3.63) is 35.4 Å². The number of benzene rings is 1. The Hall–Kier alpha value is -1.60. The third kappa shape index (κ3) is 5.20. The molecule has 6 nitrogen and oxygen atoms in total. The van der Waals surface area contributed by atoms with Gasteiger partial charge in [0.25, 0.3) is 0 Å². The Labute approximate surface area is 157 Å². The maximum atomic E-state index is 12.4. The fourth-order valence-electron chi connectivity index (χ4n) is 3.23. The second-order valence-corrected chi connectivity index (χ2v) is 9.15. The van der Waals surface area contributed by atoms with E-state index in [0.29, 0.717) is 45.1 Å². The molecule has 2 N–H and O–H groups in total. The number of nitrogens with one attached hydrogen (secondary N) is 2. The quantitative estimate of drug-likeness (QED) is 0.557. The van der Waals surface area contributed by atoms with Gasteiger partial charge in [-0.15, -0.1) is 0 Å². The van der Waals surface area contributed by atoms with Crippen LogP contribution < -0.4 is 10.6 Å². The summed E-state index contributed by atoms with van der Waals surface area (Å²) >= 11 is 0. The van der Waals surface area contributed by atoms with Crippen LogP contribution in [0.25, 0.3) is 0 Å². The van der Waals surface area contributed by atoms with E-state index >= 15 is 0 Å². The van der Waals surface area contributed by atoms with Gasteiger partial charge in [-0.2, -0.15) is 0 Å². The van der Waals surface area contributed by atoms with Crippen LogP contribution >= 0.6 is 0 Å². The molecule has 26 heavy (non-hydrogen) atoms. The molecule has 0 bridgehead atoms. The first-order valence-electron chi connectivity index (χ1n) is 9.28. The van der Waals surface area contributed by atoms with Crippen LogP contribution in [0.15, 0.2) is 29.3 Å². The third-order valence-electron chi connectivity index (χ3n) is 5.02. The SMILES string of the molecule is CCNC(=NCc1ccccc1CC)NCC1(S(C)(=O)=O)CCOCC1. The second-order valence-electron chi connectivity index (χ2n) is 6.74. The molecule has 0 atom stereocenters. The van der Waals surface area contributed by atoms with Gasteiger partial charge in [0, 0.05) is 32.6 Å². The lowest BCUT2D eigenvalue weighted by Gasteiger charge is -2.35. The monoisotopic (exact) mass is 381 g/mol. The minimum atomic E-state index is -3.20. The Kier molecular flexibility index (Phi) is 7.46. The number of hydrogen-bond donors (Lipinski definition) is 2. The van der Waals surface area contributed by atoms with E-state index in [1.807, 2.05) is 19.1 Å². The van der Waals surface area contributed by atoms with E-state index in [-0.39, 0.29) is 0 Å². The summed E-state index contributed by atoms with van der Waals surface area (Å²) in [6, 6.07) is 8.26. The van der Waals surface area contributed by atoms with E-state index in [4.69, 9.17) is 4.74 Å². The Morgan fingerprint density at radius 2 is 1.81 bits per heavy atom. The Morgan fingerprint density at radius 1 is 1.15 bits per heavy atom. The van der Waals surface area contributed by atoms with E-state index in [0.717, 1.165) is 13.0 Å². The summed E-state index contributed by atoms with van der Waals surface area (Å²) in [7, 11) is -3.20. The summed E-state index contributed by atoms with van der Waals surface area (Å²) in [6.45, 7) is 6.71. The minimum absolute atomic E-state index is 0.344. The van der Waals surface area contributed by atoms with Crippen molar-refractivity contribution < 1.29 is 13.2 Å². The Bertz CT molecular complexity index is 710.